The minimum atomic E-state index is -0.437. The van der Waals surface area contributed by atoms with Crippen molar-refractivity contribution in [1.82, 2.24) is 4.90 Å². The smallest absolute Gasteiger partial charge is 0.239 e. The summed E-state index contributed by atoms with van der Waals surface area (Å²) in [7, 11) is 1.75. The van der Waals surface area contributed by atoms with Crippen molar-refractivity contribution >= 4 is 18.3 Å². The maximum absolute atomic E-state index is 12.7. The number of hydrogen-bond donors (Lipinski definition) is 1. The van der Waals surface area contributed by atoms with Crippen LogP contribution in [0, 0.1) is 11.7 Å². The molecule has 0 fully saturated rings. The molecule has 4 nitrogen and oxygen atoms in total. The highest BCUT2D eigenvalue weighted by Gasteiger charge is 2.18. The Morgan fingerprint density at radius 1 is 1.32 bits per heavy atom. The third-order valence-electron chi connectivity index (χ3n) is 3.14. The van der Waals surface area contributed by atoms with Gasteiger partial charge in [-0.1, -0.05) is 13.8 Å². The van der Waals surface area contributed by atoms with Crippen LogP contribution in [-0.2, 0) is 4.79 Å². The van der Waals surface area contributed by atoms with Gasteiger partial charge in [0.25, 0.3) is 0 Å². The number of likely N-dealkylation sites (N-methyl/N-ethyl adjacent to an activating group) is 1. The Kier molecular flexibility index (Phi) is 9.78. The van der Waals surface area contributed by atoms with Gasteiger partial charge in [-0.2, -0.15) is 0 Å². The van der Waals surface area contributed by atoms with Crippen molar-refractivity contribution in [2.24, 2.45) is 11.7 Å². The molecule has 1 atom stereocenters. The zero-order valence-corrected chi connectivity index (χ0v) is 14.2. The average Bonchev–Trinajstić information content (AvgIpc) is 2.43. The second-order valence-electron chi connectivity index (χ2n) is 5.65. The van der Waals surface area contributed by atoms with Gasteiger partial charge in [0.05, 0.1) is 12.6 Å². The van der Waals surface area contributed by atoms with Gasteiger partial charge >= 0.3 is 0 Å². The van der Waals surface area contributed by atoms with E-state index in [-0.39, 0.29) is 24.1 Å². The van der Waals surface area contributed by atoms with Gasteiger partial charge < -0.3 is 15.4 Å². The van der Waals surface area contributed by atoms with E-state index in [2.05, 4.69) is 0 Å². The topological polar surface area (TPSA) is 55.6 Å². The van der Waals surface area contributed by atoms with Gasteiger partial charge in [0.15, 0.2) is 0 Å². The van der Waals surface area contributed by atoms with Crippen molar-refractivity contribution in [2.45, 2.75) is 32.7 Å². The molecule has 2 N–H and O–H groups in total. The molecule has 1 aromatic rings. The van der Waals surface area contributed by atoms with Gasteiger partial charge in [0, 0.05) is 13.6 Å². The summed E-state index contributed by atoms with van der Waals surface area (Å²) in [5.41, 5.74) is 5.87. The quantitative estimate of drug-likeness (QED) is 0.745. The molecule has 126 valence electrons. The van der Waals surface area contributed by atoms with Crippen molar-refractivity contribution < 1.29 is 13.9 Å². The lowest BCUT2D eigenvalue weighted by atomic mass is 10.0. The summed E-state index contributed by atoms with van der Waals surface area (Å²) in [6.45, 7) is 5.15. The Balaban J connectivity index is 0.00000441. The molecule has 0 aliphatic rings. The normalized spacial score (nSPS) is 11.7. The molecule has 0 aliphatic carbocycles. The molecule has 6 heteroatoms. The maximum atomic E-state index is 12.7. The summed E-state index contributed by atoms with van der Waals surface area (Å²) in [5.74, 6) is 0.707. The predicted molar refractivity (Wildman–Crippen MR) is 88.8 cm³/mol. The number of carbonyl (C=O) groups is 1. The monoisotopic (exact) mass is 332 g/mol. The summed E-state index contributed by atoms with van der Waals surface area (Å²) in [4.78, 5) is 13.6. The number of ether oxygens (including phenoxy) is 1. The minimum Gasteiger partial charge on any atom is -0.494 e. The summed E-state index contributed by atoms with van der Waals surface area (Å²) in [6.07, 6.45) is 1.39. The molecule has 0 aromatic heterocycles. The number of carbonyl (C=O) groups excluding carboxylic acids is 1. The van der Waals surface area contributed by atoms with Gasteiger partial charge in [-0.05, 0) is 43.0 Å². The lowest BCUT2D eigenvalue weighted by Gasteiger charge is -2.22. The van der Waals surface area contributed by atoms with Crippen LogP contribution in [0.2, 0.25) is 0 Å². The second-order valence-corrected chi connectivity index (χ2v) is 5.65. The average molecular weight is 333 g/mol. The van der Waals surface area contributed by atoms with Crippen LogP contribution in [0.25, 0.3) is 0 Å². The fourth-order valence-corrected chi connectivity index (χ4v) is 2.02. The lowest BCUT2D eigenvalue weighted by molar-refractivity contribution is -0.131. The molecule has 0 spiro atoms. The third-order valence-corrected chi connectivity index (χ3v) is 3.14. The molecule has 0 bridgehead atoms. The number of amides is 1. The van der Waals surface area contributed by atoms with Crippen LogP contribution in [0.3, 0.4) is 0 Å². The van der Waals surface area contributed by atoms with E-state index in [1.54, 1.807) is 24.1 Å². The Morgan fingerprint density at radius 2 is 1.91 bits per heavy atom. The molecule has 1 aromatic carbocycles. The van der Waals surface area contributed by atoms with Gasteiger partial charge in [0.1, 0.15) is 11.6 Å². The largest absolute Gasteiger partial charge is 0.494 e. The summed E-state index contributed by atoms with van der Waals surface area (Å²) >= 11 is 0. The lowest BCUT2D eigenvalue weighted by Crippen LogP contribution is -2.43. The van der Waals surface area contributed by atoms with Crippen molar-refractivity contribution in [1.29, 1.82) is 0 Å². The highest BCUT2D eigenvalue weighted by molar-refractivity contribution is 5.85. The molecule has 0 saturated carbocycles. The van der Waals surface area contributed by atoms with Crippen LogP contribution in [0.4, 0.5) is 4.39 Å². The standard InChI is InChI=1S/C16H25FN2O2.ClH/c1-12(2)11-15(18)16(20)19(3)9-4-10-21-14-7-5-13(17)6-8-14;/h5-8,12,15H,4,9-11,18H2,1-3H3;1H/t15-;/m0./s1. The Hall–Kier alpha value is -1.33. The first kappa shape index (κ1) is 20.7. The molecular formula is C16H26ClFN2O2. The summed E-state index contributed by atoms with van der Waals surface area (Å²) in [5, 5.41) is 0. The molecule has 0 aliphatic heterocycles. The number of rotatable bonds is 8. The first-order chi connectivity index (χ1) is 9.90. The molecule has 22 heavy (non-hydrogen) atoms. The molecule has 0 heterocycles. The van der Waals surface area contributed by atoms with Gasteiger partial charge in [-0.3, -0.25) is 4.79 Å². The molecule has 0 saturated heterocycles. The number of nitrogens with zero attached hydrogens (tertiary/aromatic N) is 1. The molecular weight excluding hydrogens is 307 g/mol. The maximum Gasteiger partial charge on any atom is 0.239 e. The SMILES string of the molecule is CC(C)C[C@H](N)C(=O)N(C)CCCOc1ccc(F)cc1.Cl. The van der Waals surface area contributed by atoms with Crippen LogP contribution in [0.5, 0.6) is 5.75 Å². The number of benzene rings is 1. The third kappa shape index (κ3) is 7.61. The Morgan fingerprint density at radius 3 is 2.45 bits per heavy atom. The van der Waals surface area contributed by atoms with Crippen LogP contribution in [0.1, 0.15) is 26.7 Å². The second kappa shape index (κ2) is 10.4. The first-order valence-electron chi connectivity index (χ1n) is 7.29. The van der Waals surface area contributed by atoms with Crippen LogP contribution >= 0.6 is 12.4 Å². The summed E-state index contributed by atoms with van der Waals surface area (Å²) < 4.78 is 18.2. The van der Waals surface area contributed by atoms with E-state index in [4.69, 9.17) is 10.5 Å². The number of halogens is 2. The van der Waals surface area contributed by atoms with Crippen molar-refractivity contribution in [3.8, 4) is 5.75 Å². The van der Waals surface area contributed by atoms with E-state index in [1.165, 1.54) is 12.1 Å². The zero-order valence-electron chi connectivity index (χ0n) is 13.4. The van der Waals surface area contributed by atoms with Gasteiger partial charge in [-0.15, -0.1) is 12.4 Å². The van der Waals surface area contributed by atoms with Gasteiger partial charge in [-0.25, -0.2) is 4.39 Å². The van der Waals surface area contributed by atoms with Crippen molar-refractivity contribution in [2.75, 3.05) is 20.2 Å². The van der Waals surface area contributed by atoms with E-state index >= 15 is 0 Å². The number of hydrogen-bond acceptors (Lipinski definition) is 3. The van der Waals surface area contributed by atoms with E-state index in [1.807, 2.05) is 13.8 Å². The molecule has 0 unspecified atom stereocenters. The highest BCUT2D eigenvalue weighted by atomic mass is 35.5. The van der Waals surface area contributed by atoms with E-state index in [0.29, 0.717) is 37.7 Å². The van der Waals surface area contributed by atoms with Crippen LogP contribution < -0.4 is 10.5 Å². The fourth-order valence-electron chi connectivity index (χ4n) is 2.02. The predicted octanol–water partition coefficient (Wildman–Crippen LogP) is 2.85. The summed E-state index contributed by atoms with van der Waals surface area (Å²) in [6, 6.07) is 5.45. The molecule has 0 radical (unpaired) electrons. The first-order valence-corrected chi connectivity index (χ1v) is 7.29. The molecule has 1 amide bonds. The van der Waals surface area contributed by atoms with Crippen LogP contribution in [-0.4, -0.2) is 37.0 Å². The van der Waals surface area contributed by atoms with Crippen molar-refractivity contribution in [3.05, 3.63) is 30.1 Å². The van der Waals surface area contributed by atoms with Crippen LogP contribution in [0.15, 0.2) is 24.3 Å². The van der Waals surface area contributed by atoms with E-state index < -0.39 is 6.04 Å². The van der Waals surface area contributed by atoms with Gasteiger partial charge in [0.2, 0.25) is 5.91 Å². The van der Waals surface area contributed by atoms with E-state index in [0.717, 1.165) is 0 Å². The zero-order chi connectivity index (χ0) is 15.8. The van der Waals surface area contributed by atoms with Crippen molar-refractivity contribution in [3.63, 3.8) is 0 Å². The Labute approximate surface area is 138 Å². The van der Waals surface area contributed by atoms with E-state index in [9.17, 15) is 9.18 Å². The fraction of sp³-hybridized carbons (Fsp3) is 0.562. The Bertz CT molecular complexity index is 440. The highest BCUT2D eigenvalue weighted by Crippen LogP contribution is 2.11. The number of nitrogens with two attached hydrogens (primary N) is 1. The molecule has 1 rings (SSSR count). The minimum absolute atomic E-state index is 0.